The molecule has 2 rings (SSSR count). The minimum Gasteiger partial charge on any atom is -0.378 e. The normalized spacial score (nSPS) is 40.9. The number of hydrogen-bond acceptors (Lipinski definition) is 2. The number of hydrogen-bond donors (Lipinski definition) is 1. The molecule has 1 aliphatic carbocycles. The van der Waals surface area contributed by atoms with Gasteiger partial charge < -0.3 is 10.5 Å². The summed E-state index contributed by atoms with van der Waals surface area (Å²) in [6.45, 7) is 3.08. The van der Waals surface area contributed by atoms with E-state index in [0.29, 0.717) is 18.1 Å². The lowest BCUT2D eigenvalue weighted by molar-refractivity contribution is 0.0974. The first-order valence-corrected chi connectivity index (χ1v) is 4.66. The fourth-order valence-electron chi connectivity index (χ4n) is 2.08. The lowest BCUT2D eigenvalue weighted by Crippen LogP contribution is -2.35. The van der Waals surface area contributed by atoms with Crippen LogP contribution in [0.15, 0.2) is 0 Å². The molecule has 0 aromatic heterocycles. The quantitative estimate of drug-likeness (QED) is 0.649. The van der Waals surface area contributed by atoms with Crippen molar-refractivity contribution in [2.24, 2.45) is 17.6 Å². The minimum absolute atomic E-state index is 0.408. The van der Waals surface area contributed by atoms with Crippen LogP contribution in [0, 0.1) is 11.8 Å². The van der Waals surface area contributed by atoms with Gasteiger partial charge in [-0.25, -0.2) is 0 Å². The van der Waals surface area contributed by atoms with E-state index in [1.54, 1.807) is 0 Å². The average molecular weight is 155 g/mol. The molecule has 0 radical (unpaired) electrons. The maximum absolute atomic E-state index is 6.09. The monoisotopic (exact) mass is 155 g/mol. The Balaban J connectivity index is 1.91. The van der Waals surface area contributed by atoms with Crippen molar-refractivity contribution in [1.82, 2.24) is 0 Å². The van der Waals surface area contributed by atoms with Gasteiger partial charge in [0.1, 0.15) is 0 Å². The van der Waals surface area contributed by atoms with Crippen molar-refractivity contribution in [2.75, 3.05) is 6.61 Å². The third kappa shape index (κ3) is 1.42. The van der Waals surface area contributed by atoms with E-state index in [4.69, 9.17) is 10.5 Å². The SMILES string of the molecule is CC1OCCC1C(N)C1CC1. The Kier molecular flexibility index (Phi) is 1.90. The molecule has 0 bridgehead atoms. The molecule has 11 heavy (non-hydrogen) atoms. The van der Waals surface area contributed by atoms with E-state index in [0.717, 1.165) is 12.5 Å². The maximum atomic E-state index is 6.09. The molecule has 1 saturated carbocycles. The first kappa shape index (κ1) is 7.56. The van der Waals surface area contributed by atoms with Crippen LogP contribution in [0.1, 0.15) is 26.2 Å². The van der Waals surface area contributed by atoms with Gasteiger partial charge in [0.15, 0.2) is 0 Å². The Morgan fingerprint density at radius 2 is 2.09 bits per heavy atom. The zero-order valence-corrected chi connectivity index (χ0v) is 7.12. The van der Waals surface area contributed by atoms with Gasteiger partial charge in [-0.2, -0.15) is 0 Å². The van der Waals surface area contributed by atoms with E-state index in [1.807, 2.05) is 0 Å². The molecule has 2 aliphatic rings. The first-order valence-electron chi connectivity index (χ1n) is 4.66. The lowest BCUT2D eigenvalue weighted by atomic mass is 9.91. The molecule has 3 unspecified atom stereocenters. The van der Waals surface area contributed by atoms with Crippen LogP contribution in [0.4, 0.5) is 0 Å². The molecular weight excluding hydrogens is 138 g/mol. The highest BCUT2D eigenvalue weighted by atomic mass is 16.5. The number of ether oxygens (including phenoxy) is 1. The zero-order chi connectivity index (χ0) is 7.84. The van der Waals surface area contributed by atoms with Crippen molar-refractivity contribution in [3.63, 3.8) is 0 Å². The highest BCUT2D eigenvalue weighted by Gasteiger charge is 2.38. The van der Waals surface area contributed by atoms with Gasteiger partial charge in [0.2, 0.25) is 0 Å². The molecule has 0 amide bonds. The van der Waals surface area contributed by atoms with Gasteiger partial charge in [-0.1, -0.05) is 0 Å². The molecule has 2 heteroatoms. The summed E-state index contributed by atoms with van der Waals surface area (Å²) in [7, 11) is 0. The van der Waals surface area contributed by atoms with Gasteiger partial charge in [0.25, 0.3) is 0 Å². The molecule has 1 aliphatic heterocycles. The summed E-state index contributed by atoms with van der Waals surface area (Å²) < 4.78 is 5.48. The molecule has 0 aromatic carbocycles. The van der Waals surface area contributed by atoms with Crippen LogP contribution in [0.2, 0.25) is 0 Å². The van der Waals surface area contributed by atoms with Gasteiger partial charge in [-0.3, -0.25) is 0 Å². The van der Waals surface area contributed by atoms with Crippen LogP contribution in [-0.4, -0.2) is 18.8 Å². The van der Waals surface area contributed by atoms with Gasteiger partial charge >= 0.3 is 0 Å². The van der Waals surface area contributed by atoms with Crippen LogP contribution in [-0.2, 0) is 4.74 Å². The van der Waals surface area contributed by atoms with Crippen LogP contribution < -0.4 is 5.73 Å². The van der Waals surface area contributed by atoms with Crippen LogP contribution in [0.5, 0.6) is 0 Å². The Bertz CT molecular complexity index is 144. The Morgan fingerprint density at radius 3 is 2.55 bits per heavy atom. The highest BCUT2D eigenvalue weighted by molar-refractivity contribution is 4.92. The molecule has 3 atom stereocenters. The molecule has 1 heterocycles. The predicted octanol–water partition coefficient (Wildman–Crippen LogP) is 1.15. The van der Waals surface area contributed by atoms with Gasteiger partial charge in [-0.05, 0) is 32.1 Å². The molecule has 1 saturated heterocycles. The third-order valence-corrected chi connectivity index (χ3v) is 3.10. The summed E-state index contributed by atoms with van der Waals surface area (Å²) in [5.74, 6) is 1.46. The van der Waals surface area contributed by atoms with Crippen LogP contribution >= 0.6 is 0 Å². The van der Waals surface area contributed by atoms with Crippen molar-refractivity contribution in [1.29, 1.82) is 0 Å². The molecule has 2 N–H and O–H groups in total. The second-order valence-electron chi connectivity index (χ2n) is 3.94. The molecule has 64 valence electrons. The van der Waals surface area contributed by atoms with E-state index >= 15 is 0 Å². The van der Waals surface area contributed by atoms with E-state index in [-0.39, 0.29) is 0 Å². The Labute approximate surface area is 68.1 Å². The predicted molar refractivity (Wildman–Crippen MR) is 44.2 cm³/mol. The summed E-state index contributed by atoms with van der Waals surface area (Å²) in [5.41, 5.74) is 6.09. The van der Waals surface area contributed by atoms with E-state index < -0.39 is 0 Å². The summed E-state index contributed by atoms with van der Waals surface area (Å²) in [6.07, 6.45) is 4.29. The smallest absolute Gasteiger partial charge is 0.0590 e. The largest absolute Gasteiger partial charge is 0.378 e. The van der Waals surface area contributed by atoms with Crippen LogP contribution in [0.25, 0.3) is 0 Å². The lowest BCUT2D eigenvalue weighted by Gasteiger charge is -2.21. The fraction of sp³-hybridized carbons (Fsp3) is 1.00. The van der Waals surface area contributed by atoms with Crippen molar-refractivity contribution in [3.8, 4) is 0 Å². The second kappa shape index (κ2) is 2.76. The summed E-state index contributed by atoms with van der Waals surface area (Å²) in [6, 6.07) is 0.424. The third-order valence-electron chi connectivity index (χ3n) is 3.10. The second-order valence-corrected chi connectivity index (χ2v) is 3.94. The Hall–Kier alpha value is -0.0800. The van der Waals surface area contributed by atoms with E-state index in [9.17, 15) is 0 Å². The molecule has 0 aromatic rings. The molecule has 0 spiro atoms. The fourth-order valence-corrected chi connectivity index (χ4v) is 2.08. The average Bonchev–Trinajstić information content (AvgIpc) is 2.74. The summed E-state index contributed by atoms with van der Waals surface area (Å²) >= 11 is 0. The van der Waals surface area contributed by atoms with Crippen LogP contribution in [0.3, 0.4) is 0 Å². The minimum atomic E-state index is 0.408. The van der Waals surface area contributed by atoms with Gasteiger partial charge in [0.05, 0.1) is 6.10 Å². The van der Waals surface area contributed by atoms with Gasteiger partial charge in [-0.15, -0.1) is 0 Å². The van der Waals surface area contributed by atoms with Crippen molar-refractivity contribution in [2.45, 2.75) is 38.3 Å². The molecule has 2 fully saturated rings. The standard InChI is InChI=1S/C9H17NO/c1-6-8(4-5-11-6)9(10)7-2-3-7/h6-9H,2-5,10H2,1H3. The van der Waals surface area contributed by atoms with Crippen molar-refractivity contribution >= 4 is 0 Å². The van der Waals surface area contributed by atoms with Crippen molar-refractivity contribution in [3.05, 3.63) is 0 Å². The topological polar surface area (TPSA) is 35.2 Å². The maximum Gasteiger partial charge on any atom is 0.0590 e. The summed E-state index contributed by atoms with van der Waals surface area (Å²) in [4.78, 5) is 0. The molecule has 2 nitrogen and oxygen atoms in total. The molecular formula is C9H17NO. The first-order chi connectivity index (χ1) is 5.29. The van der Waals surface area contributed by atoms with E-state index in [2.05, 4.69) is 6.92 Å². The number of rotatable bonds is 2. The zero-order valence-electron chi connectivity index (χ0n) is 7.12. The van der Waals surface area contributed by atoms with E-state index in [1.165, 1.54) is 19.3 Å². The summed E-state index contributed by atoms with van der Waals surface area (Å²) in [5, 5.41) is 0. The van der Waals surface area contributed by atoms with Gasteiger partial charge in [0, 0.05) is 18.6 Å². The highest BCUT2D eigenvalue weighted by Crippen LogP contribution is 2.38. The van der Waals surface area contributed by atoms with Crippen molar-refractivity contribution < 1.29 is 4.74 Å². The number of nitrogens with two attached hydrogens (primary N) is 1. The Morgan fingerprint density at radius 1 is 1.36 bits per heavy atom.